The molecule has 0 aromatic carbocycles. The van der Waals surface area contributed by atoms with Gasteiger partial charge in [0.25, 0.3) is 0 Å². The molecule has 0 unspecified atom stereocenters. The van der Waals surface area contributed by atoms with Gasteiger partial charge in [0, 0.05) is 0 Å². The van der Waals surface area contributed by atoms with Gasteiger partial charge in [-0.25, -0.2) is 0 Å². The molecule has 0 spiro atoms. The van der Waals surface area contributed by atoms with Crippen molar-refractivity contribution in [1.29, 1.82) is 0 Å². The summed E-state index contributed by atoms with van der Waals surface area (Å²) in [6.07, 6.45) is 1.77. The summed E-state index contributed by atoms with van der Waals surface area (Å²) in [6.45, 7) is 12.0. The van der Waals surface area contributed by atoms with Gasteiger partial charge in [-0.05, 0) is 38.5 Å². The zero-order chi connectivity index (χ0) is 13.1. The molecule has 0 aromatic rings. The third-order valence-corrected chi connectivity index (χ3v) is 1.75. The highest BCUT2D eigenvalue weighted by molar-refractivity contribution is 5.81. The van der Waals surface area contributed by atoms with Gasteiger partial charge in [0.05, 0.1) is 11.4 Å². The summed E-state index contributed by atoms with van der Waals surface area (Å²) in [5.41, 5.74) is 1.61. The Balaban J connectivity index is 0. The lowest BCUT2D eigenvalue weighted by Crippen LogP contribution is -1.96. The Hall–Kier alpha value is -1.06. The van der Waals surface area contributed by atoms with Gasteiger partial charge in [-0.2, -0.15) is 0 Å². The summed E-state index contributed by atoms with van der Waals surface area (Å²) in [5, 5.41) is 22.4. The molecule has 0 atom stereocenters. The van der Waals surface area contributed by atoms with Crippen LogP contribution in [-0.4, -0.2) is 21.8 Å². The van der Waals surface area contributed by atoms with Gasteiger partial charge in [-0.3, -0.25) is 0 Å². The third kappa shape index (κ3) is 15.4. The van der Waals surface area contributed by atoms with E-state index in [4.69, 9.17) is 10.4 Å². The zero-order valence-electron chi connectivity index (χ0n) is 11.4. The van der Waals surface area contributed by atoms with Crippen molar-refractivity contribution in [1.82, 2.24) is 0 Å². The standard InChI is InChI=1S/2C6H13NO/c2*1-5(2)4-6(3)7-8/h2*5,8H,4H2,1-3H3. The quantitative estimate of drug-likeness (QED) is 0.438. The van der Waals surface area contributed by atoms with E-state index in [0.717, 1.165) is 24.3 Å². The van der Waals surface area contributed by atoms with Crippen molar-refractivity contribution < 1.29 is 10.4 Å². The molecule has 0 saturated carbocycles. The van der Waals surface area contributed by atoms with E-state index < -0.39 is 0 Å². The predicted octanol–water partition coefficient (Wildman–Crippen LogP) is 3.77. The Kier molecular flexibility index (Phi) is 11.3. The maximum Gasteiger partial charge on any atom is 0.0542 e. The maximum atomic E-state index is 8.17. The molecule has 0 rings (SSSR count). The SMILES string of the molecule is CC(CC(C)C)=NO.CC(CC(C)C)=NO. The first-order valence-corrected chi connectivity index (χ1v) is 5.68. The van der Waals surface area contributed by atoms with Crippen molar-refractivity contribution in [3.05, 3.63) is 0 Å². The van der Waals surface area contributed by atoms with Crippen molar-refractivity contribution in [2.24, 2.45) is 22.1 Å². The van der Waals surface area contributed by atoms with Gasteiger partial charge in [0.15, 0.2) is 0 Å². The van der Waals surface area contributed by atoms with E-state index in [1.165, 1.54) is 0 Å². The van der Waals surface area contributed by atoms with Crippen LogP contribution in [0.15, 0.2) is 10.3 Å². The van der Waals surface area contributed by atoms with Gasteiger partial charge >= 0.3 is 0 Å². The molecule has 2 N–H and O–H groups in total. The lowest BCUT2D eigenvalue weighted by Gasteiger charge is -1.99. The molecule has 96 valence electrons. The first-order valence-electron chi connectivity index (χ1n) is 5.68. The number of hydrogen-bond acceptors (Lipinski definition) is 4. The van der Waals surface area contributed by atoms with Crippen molar-refractivity contribution >= 4 is 11.4 Å². The van der Waals surface area contributed by atoms with Gasteiger partial charge in [-0.15, -0.1) is 0 Å². The second-order valence-electron chi connectivity index (χ2n) is 4.87. The molecule has 0 saturated heterocycles. The smallest absolute Gasteiger partial charge is 0.0542 e. The van der Waals surface area contributed by atoms with Crippen molar-refractivity contribution in [3.63, 3.8) is 0 Å². The molecule has 0 amide bonds. The van der Waals surface area contributed by atoms with Gasteiger partial charge in [0.1, 0.15) is 0 Å². The minimum absolute atomic E-state index is 0.589. The first-order chi connectivity index (χ1) is 7.33. The fourth-order valence-corrected chi connectivity index (χ4v) is 1.26. The Morgan fingerprint density at radius 3 is 1.12 bits per heavy atom. The number of oxime groups is 2. The van der Waals surface area contributed by atoms with E-state index in [2.05, 4.69) is 38.0 Å². The number of rotatable bonds is 4. The summed E-state index contributed by atoms with van der Waals surface area (Å²) < 4.78 is 0. The molecular weight excluding hydrogens is 204 g/mol. The summed E-state index contributed by atoms with van der Waals surface area (Å²) in [6, 6.07) is 0. The minimum atomic E-state index is 0.589. The van der Waals surface area contributed by atoms with E-state index in [1.54, 1.807) is 0 Å². The summed E-state index contributed by atoms with van der Waals surface area (Å²) in [5.74, 6) is 1.18. The molecule has 0 bridgehead atoms. The summed E-state index contributed by atoms with van der Waals surface area (Å²) in [7, 11) is 0. The Morgan fingerprint density at radius 2 is 1.06 bits per heavy atom. The average molecular weight is 230 g/mol. The van der Waals surface area contributed by atoms with Gasteiger partial charge in [-0.1, -0.05) is 38.0 Å². The van der Waals surface area contributed by atoms with Crippen LogP contribution in [-0.2, 0) is 0 Å². The van der Waals surface area contributed by atoms with Crippen LogP contribution in [0.2, 0.25) is 0 Å². The highest BCUT2D eigenvalue weighted by atomic mass is 16.4. The summed E-state index contributed by atoms with van der Waals surface area (Å²) in [4.78, 5) is 0. The van der Waals surface area contributed by atoms with E-state index in [0.29, 0.717) is 11.8 Å². The van der Waals surface area contributed by atoms with Gasteiger partial charge < -0.3 is 10.4 Å². The van der Waals surface area contributed by atoms with Crippen molar-refractivity contribution in [3.8, 4) is 0 Å². The minimum Gasteiger partial charge on any atom is -0.411 e. The van der Waals surface area contributed by atoms with E-state index in [9.17, 15) is 0 Å². The monoisotopic (exact) mass is 230 g/mol. The Morgan fingerprint density at radius 1 is 0.812 bits per heavy atom. The van der Waals surface area contributed by atoms with Crippen LogP contribution in [0.4, 0.5) is 0 Å². The maximum absolute atomic E-state index is 8.17. The molecule has 0 radical (unpaired) electrons. The molecule has 0 aliphatic heterocycles. The van der Waals surface area contributed by atoms with Crippen LogP contribution >= 0.6 is 0 Å². The normalized spacial score (nSPS) is 12.8. The lowest BCUT2D eigenvalue weighted by atomic mass is 10.1. The highest BCUT2D eigenvalue weighted by Gasteiger charge is 1.95. The Bertz CT molecular complexity index is 197. The van der Waals surface area contributed by atoms with Crippen molar-refractivity contribution in [2.45, 2.75) is 54.4 Å². The van der Waals surface area contributed by atoms with Gasteiger partial charge in [0.2, 0.25) is 0 Å². The lowest BCUT2D eigenvalue weighted by molar-refractivity contribution is 0.316. The fourth-order valence-electron chi connectivity index (χ4n) is 1.26. The zero-order valence-corrected chi connectivity index (χ0v) is 11.4. The van der Waals surface area contributed by atoms with Crippen LogP contribution in [0.5, 0.6) is 0 Å². The molecule has 0 aromatic heterocycles. The van der Waals surface area contributed by atoms with E-state index in [-0.39, 0.29) is 0 Å². The molecule has 0 fully saturated rings. The molecule has 0 aliphatic carbocycles. The Labute approximate surface area is 99.0 Å². The third-order valence-electron chi connectivity index (χ3n) is 1.75. The average Bonchev–Trinajstić information content (AvgIpc) is 2.16. The van der Waals surface area contributed by atoms with E-state index >= 15 is 0 Å². The molecule has 0 aliphatic rings. The van der Waals surface area contributed by atoms with Crippen LogP contribution in [0, 0.1) is 11.8 Å². The predicted molar refractivity (Wildman–Crippen MR) is 68.7 cm³/mol. The molecule has 0 heterocycles. The van der Waals surface area contributed by atoms with Crippen LogP contribution in [0.1, 0.15) is 54.4 Å². The molecule has 16 heavy (non-hydrogen) atoms. The second kappa shape index (κ2) is 10.5. The highest BCUT2D eigenvalue weighted by Crippen LogP contribution is 2.00. The molecular formula is C12H26N2O2. The largest absolute Gasteiger partial charge is 0.411 e. The number of nitrogens with zero attached hydrogens (tertiary/aromatic N) is 2. The van der Waals surface area contributed by atoms with Crippen LogP contribution < -0.4 is 0 Å². The van der Waals surface area contributed by atoms with Crippen LogP contribution in [0.3, 0.4) is 0 Å². The van der Waals surface area contributed by atoms with E-state index in [1.807, 2.05) is 13.8 Å². The molecule has 4 nitrogen and oxygen atoms in total. The molecule has 4 heteroatoms. The summed E-state index contributed by atoms with van der Waals surface area (Å²) >= 11 is 0. The topological polar surface area (TPSA) is 65.2 Å². The number of hydrogen-bond donors (Lipinski definition) is 2. The van der Waals surface area contributed by atoms with Crippen LogP contribution in [0.25, 0.3) is 0 Å². The first kappa shape index (κ1) is 17.3. The fraction of sp³-hybridized carbons (Fsp3) is 0.833. The second-order valence-corrected chi connectivity index (χ2v) is 4.87. The van der Waals surface area contributed by atoms with Crippen molar-refractivity contribution in [2.75, 3.05) is 0 Å².